The molecule has 3 rings (SSSR count). The Kier molecular flexibility index (Phi) is 5.03. The van der Waals surface area contributed by atoms with Crippen molar-refractivity contribution in [2.75, 3.05) is 18.8 Å². The van der Waals surface area contributed by atoms with Gasteiger partial charge in [-0.05, 0) is 31.0 Å². The molecule has 1 aliphatic rings. The van der Waals surface area contributed by atoms with Gasteiger partial charge in [0.25, 0.3) is 0 Å². The Morgan fingerprint density at radius 2 is 2.04 bits per heavy atom. The highest BCUT2D eigenvalue weighted by molar-refractivity contribution is 5.83. The molecule has 1 fully saturated rings. The number of anilines is 1. The predicted octanol–water partition coefficient (Wildman–Crippen LogP) is 2.69. The highest BCUT2D eigenvalue weighted by Crippen LogP contribution is 2.22. The Bertz CT molecular complexity index is 657. The number of benzene rings is 1. The second kappa shape index (κ2) is 7.38. The number of likely N-dealkylation sites (tertiary alicyclic amines) is 1. The Morgan fingerprint density at radius 1 is 1.22 bits per heavy atom. The minimum atomic E-state index is 0.127. The van der Waals surface area contributed by atoms with Gasteiger partial charge >= 0.3 is 0 Å². The summed E-state index contributed by atoms with van der Waals surface area (Å²) < 4.78 is 0. The summed E-state index contributed by atoms with van der Waals surface area (Å²) in [6.07, 6.45) is 4.30. The minimum absolute atomic E-state index is 0.127. The van der Waals surface area contributed by atoms with Crippen molar-refractivity contribution >= 4 is 11.6 Å². The van der Waals surface area contributed by atoms with E-state index in [9.17, 15) is 4.79 Å². The molecule has 2 heterocycles. The lowest BCUT2D eigenvalue weighted by atomic mass is 9.90. The summed E-state index contributed by atoms with van der Waals surface area (Å²) in [5.74, 6) is 1.06. The molecule has 1 aromatic carbocycles. The van der Waals surface area contributed by atoms with E-state index in [2.05, 4.69) is 9.88 Å². The first-order valence-corrected chi connectivity index (χ1v) is 8.21. The number of nitrogens with two attached hydrogens (primary N) is 1. The molecule has 1 atom stereocenters. The second-order valence-electron chi connectivity index (χ2n) is 6.25. The maximum absolute atomic E-state index is 12.6. The number of nitrogens with zero attached hydrogens (tertiary/aromatic N) is 2. The van der Waals surface area contributed by atoms with Crippen LogP contribution in [0, 0.1) is 5.92 Å². The highest BCUT2D eigenvalue weighted by atomic mass is 16.1. The Morgan fingerprint density at radius 3 is 2.83 bits per heavy atom. The maximum Gasteiger partial charge on any atom is 0.141 e. The lowest BCUT2D eigenvalue weighted by Gasteiger charge is -2.32. The number of carbonyl (C=O) groups is 1. The van der Waals surface area contributed by atoms with Gasteiger partial charge < -0.3 is 5.73 Å². The van der Waals surface area contributed by atoms with E-state index in [1.165, 1.54) is 0 Å². The van der Waals surface area contributed by atoms with E-state index in [4.69, 9.17) is 5.73 Å². The van der Waals surface area contributed by atoms with Gasteiger partial charge in [0.2, 0.25) is 0 Å². The van der Waals surface area contributed by atoms with Crippen LogP contribution in [-0.4, -0.2) is 28.8 Å². The van der Waals surface area contributed by atoms with Crippen LogP contribution in [-0.2, 0) is 17.8 Å². The molecule has 0 aliphatic carbocycles. The lowest BCUT2D eigenvalue weighted by molar-refractivity contribution is -0.123. The van der Waals surface area contributed by atoms with Gasteiger partial charge in [-0.2, -0.15) is 0 Å². The fourth-order valence-corrected chi connectivity index (χ4v) is 3.23. The van der Waals surface area contributed by atoms with E-state index in [1.807, 2.05) is 42.5 Å². The SMILES string of the molecule is Nc1ncccc1CN1CCC[C@H](C(=O)Cc2ccccc2)C1. The first kappa shape index (κ1) is 15.7. The molecular formula is C19H23N3O. The first-order valence-electron chi connectivity index (χ1n) is 8.21. The molecule has 2 aromatic rings. The minimum Gasteiger partial charge on any atom is -0.383 e. The summed E-state index contributed by atoms with van der Waals surface area (Å²) >= 11 is 0. The van der Waals surface area contributed by atoms with Gasteiger partial charge in [0, 0.05) is 37.2 Å². The van der Waals surface area contributed by atoms with Gasteiger partial charge in [0.1, 0.15) is 11.6 Å². The van der Waals surface area contributed by atoms with Crippen LogP contribution >= 0.6 is 0 Å². The number of carbonyl (C=O) groups excluding carboxylic acids is 1. The largest absolute Gasteiger partial charge is 0.383 e. The van der Waals surface area contributed by atoms with E-state index in [1.54, 1.807) is 6.20 Å². The molecule has 0 spiro atoms. The molecule has 0 bridgehead atoms. The molecule has 0 amide bonds. The van der Waals surface area contributed by atoms with Crippen LogP contribution in [0.2, 0.25) is 0 Å². The van der Waals surface area contributed by atoms with Gasteiger partial charge in [0.05, 0.1) is 0 Å². The van der Waals surface area contributed by atoms with Crippen LogP contribution in [0.25, 0.3) is 0 Å². The van der Waals surface area contributed by atoms with Crippen LogP contribution in [0.1, 0.15) is 24.0 Å². The summed E-state index contributed by atoms with van der Waals surface area (Å²) in [6.45, 7) is 2.61. The molecule has 2 N–H and O–H groups in total. The van der Waals surface area contributed by atoms with Crippen molar-refractivity contribution in [3.8, 4) is 0 Å². The number of ketones is 1. The number of aromatic nitrogens is 1. The van der Waals surface area contributed by atoms with Gasteiger partial charge in [-0.3, -0.25) is 9.69 Å². The Labute approximate surface area is 137 Å². The summed E-state index contributed by atoms with van der Waals surface area (Å²) in [4.78, 5) is 19.0. The molecular weight excluding hydrogens is 286 g/mol. The summed E-state index contributed by atoms with van der Waals surface area (Å²) in [7, 11) is 0. The number of hydrogen-bond donors (Lipinski definition) is 1. The Hall–Kier alpha value is -2.20. The van der Waals surface area contributed by atoms with Crippen LogP contribution in [0.15, 0.2) is 48.7 Å². The zero-order valence-corrected chi connectivity index (χ0v) is 13.3. The maximum atomic E-state index is 12.6. The lowest BCUT2D eigenvalue weighted by Crippen LogP contribution is -2.38. The van der Waals surface area contributed by atoms with Crippen molar-refractivity contribution in [3.63, 3.8) is 0 Å². The smallest absolute Gasteiger partial charge is 0.141 e. The van der Waals surface area contributed by atoms with E-state index >= 15 is 0 Å². The predicted molar refractivity (Wildman–Crippen MR) is 91.8 cm³/mol. The average Bonchev–Trinajstić information content (AvgIpc) is 2.58. The van der Waals surface area contributed by atoms with Crippen LogP contribution in [0.4, 0.5) is 5.82 Å². The third-order valence-electron chi connectivity index (χ3n) is 4.50. The van der Waals surface area contributed by atoms with E-state index in [0.717, 1.165) is 43.6 Å². The molecule has 1 aliphatic heterocycles. The quantitative estimate of drug-likeness (QED) is 0.922. The van der Waals surface area contributed by atoms with E-state index in [0.29, 0.717) is 18.0 Å². The second-order valence-corrected chi connectivity index (χ2v) is 6.25. The molecule has 120 valence electrons. The third-order valence-corrected chi connectivity index (χ3v) is 4.50. The zero-order valence-electron chi connectivity index (χ0n) is 13.3. The third kappa shape index (κ3) is 4.17. The summed E-state index contributed by atoms with van der Waals surface area (Å²) in [5.41, 5.74) is 8.08. The fraction of sp³-hybridized carbons (Fsp3) is 0.368. The summed E-state index contributed by atoms with van der Waals surface area (Å²) in [5, 5.41) is 0. The zero-order chi connectivity index (χ0) is 16.1. The van der Waals surface area contributed by atoms with Crippen LogP contribution < -0.4 is 5.73 Å². The molecule has 23 heavy (non-hydrogen) atoms. The van der Waals surface area contributed by atoms with E-state index in [-0.39, 0.29) is 5.92 Å². The highest BCUT2D eigenvalue weighted by Gasteiger charge is 2.25. The number of nitrogen functional groups attached to an aromatic ring is 1. The van der Waals surface area contributed by atoms with Gasteiger partial charge in [0.15, 0.2) is 0 Å². The topological polar surface area (TPSA) is 59.2 Å². The van der Waals surface area contributed by atoms with Crippen LogP contribution in [0.3, 0.4) is 0 Å². The first-order chi connectivity index (χ1) is 11.2. The van der Waals surface area contributed by atoms with Crippen molar-refractivity contribution in [1.82, 2.24) is 9.88 Å². The van der Waals surface area contributed by atoms with Crippen molar-refractivity contribution in [1.29, 1.82) is 0 Å². The van der Waals surface area contributed by atoms with Crippen molar-refractivity contribution in [2.24, 2.45) is 5.92 Å². The Balaban J connectivity index is 1.59. The molecule has 1 aromatic heterocycles. The number of piperidine rings is 1. The van der Waals surface area contributed by atoms with Gasteiger partial charge in [-0.1, -0.05) is 36.4 Å². The standard InChI is InChI=1S/C19H23N3O/c20-19-17(8-4-10-21-19)14-22-11-5-9-16(13-22)18(23)12-15-6-2-1-3-7-15/h1-4,6-8,10,16H,5,9,11-14H2,(H2,20,21)/t16-/m0/s1. The molecule has 0 saturated carbocycles. The van der Waals surface area contributed by atoms with Gasteiger partial charge in [-0.25, -0.2) is 4.98 Å². The summed E-state index contributed by atoms with van der Waals surface area (Å²) in [6, 6.07) is 13.9. The van der Waals surface area contributed by atoms with Crippen molar-refractivity contribution in [3.05, 3.63) is 59.8 Å². The average molecular weight is 309 g/mol. The molecule has 1 saturated heterocycles. The number of Topliss-reactive ketones (excluding diaryl/α,β-unsaturated/α-hetero) is 1. The van der Waals surface area contributed by atoms with Crippen molar-refractivity contribution in [2.45, 2.75) is 25.8 Å². The number of rotatable bonds is 5. The molecule has 0 radical (unpaired) electrons. The normalized spacial score (nSPS) is 18.7. The van der Waals surface area contributed by atoms with E-state index < -0.39 is 0 Å². The number of pyridine rings is 1. The van der Waals surface area contributed by atoms with Crippen LogP contribution in [0.5, 0.6) is 0 Å². The number of hydrogen-bond acceptors (Lipinski definition) is 4. The fourth-order valence-electron chi connectivity index (χ4n) is 3.23. The molecule has 4 nitrogen and oxygen atoms in total. The monoisotopic (exact) mass is 309 g/mol. The molecule has 0 unspecified atom stereocenters. The molecule has 4 heteroatoms. The van der Waals surface area contributed by atoms with Gasteiger partial charge in [-0.15, -0.1) is 0 Å². The van der Waals surface area contributed by atoms with Crippen molar-refractivity contribution < 1.29 is 4.79 Å².